The molecule has 0 saturated carbocycles. The zero-order valence-electron chi connectivity index (χ0n) is 11.6. The molecule has 2 rings (SSSR count). The summed E-state index contributed by atoms with van der Waals surface area (Å²) in [4.78, 5) is 11.8. The van der Waals surface area contributed by atoms with Crippen LogP contribution in [0.5, 0.6) is 0 Å². The molecule has 1 aliphatic heterocycles. The van der Waals surface area contributed by atoms with Crippen LogP contribution >= 0.6 is 0 Å². The van der Waals surface area contributed by atoms with Crippen molar-refractivity contribution < 1.29 is 13.6 Å². The van der Waals surface area contributed by atoms with Gasteiger partial charge in [-0.1, -0.05) is 6.07 Å². The fourth-order valence-corrected chi connectivity index (χ4v) is 2.68. The van der Waals surface area contributed by atoms with E-state index < -0.39 is 11.6 Å². The summed E-state index contributed by atoms with van der Waals surface area (Å²) in [6, 6.07) is 3.84. The van der Waals surface area contributed by atoms with E-state index in [2.05, 4.69) is 10.6 Å². The highest BCUT2D eigenvalue weighted by Gasteiger charge is 2.26. The number of halogens is 2. The topological polar surface area (TPSA) is 41.1 Å². The van der Waals surface area contributed by atoms with Gasteiger partial charge in [-0.2, -0.15) is 0 Å². The minimum atomic E-state index is -0.820. The second kappa shape index (κ2) is 6.79. The lowest BCUT2D eigenvalue weighted by atomic mass is 9.87. The number of benzene rings is 1. The average molecular weight is 282 g/mol. The van der Waals surface area contributed by atoms with Crippen LogP contribution in [0.2, 0.25) is 0 Å². The SMILES string of the molecule is CCNC(=O)C1CC(Cc2ccc(F)c(F)c2)CCN1. The zero-order chi connectivity index (χ0) is 14.5. The number of hydrogen-bond donors (Lipinski definition) is 2. The second-order valence-corrected chi connectivity index (χ2v) is 5.24. The minimum absolute atomic E-state index is 0.0162. The molecule has 1 fully saturated rings. The molecular formula is C15H20F2N2O. The van der Waals surface area contributed by atoms with Gasteiger partial charge in [0.25, 0.3) is 0 Å². The van der Waals surface area contributed by atoms with E-state index in [1.54, 1.807) is 6.07 Å². The van der Waals surface area contributed by atoms with Gasteiger partial charge in [-0.05, 0) is 56.3 Å². The minimum Gasteiger partial charge on any atom is -0.355 e. The lowest BCUT2D eigenvalue weighted by Gasteiger charge is -2.29. The van der Waals surface area contributed by atoms with E-state index in [0.29, 0.717) is 18.9 Å². The van der Waals surface area contributed by atoms with Gasteiger partial charge in [0.1, 0.15) is 0 Å². The zero-order valence-corrected chi connectivity index (χ0v) is 11.6. The van der Waals surface area contributed by atoms with Crippen molar-refractivity contribution in [3.05, 3.63) is 35.4 Å². The summed E-state index contributed by atoms with van der Waals surface area (Å²) in [5.41, 5.74) is 0.783. The van der Waals surface area contributed by atoms with Crippen molar-refractivity contribution in [1.29, 1.82) is 0 Å². The molecule has 0 radical (unpaired) electrons. The van der Waals surface area contributed by atoms with E-state index in [1.807, 2.05) is 6.92 Å². The Morgan fingerprint density at radius 3 is 2.90 bits per heavy atom. The monoisotopic (exact) mass is 282 g/mol. The highest BCUT2D eigenvalue weighted by atomic mass is 19.2. The fraction of sp³-hybridized carbons (Fsp3) is 0.533. The Kier molecular flexibility index (Phi) is 5.06. The van der Waals surface area contributed by atoms with Crippen molar-refractivity contribution in [3.63, 3.8) is 0 Å². The summed E-state index contributed by atoms with van der Waals surface area (Å²) in [5, 5.41) is 6.00. The Labute approximate surface area is 117 Å². The van der Waals surface area contributed by atoms with Gasteiger partial charge in [-0.25, -0.2) is 8.78 Å². The van der Waals surface area contributed by atoms with E-state index in [1.165, 1.54) is 6.07 Å². The van der Waals surface area contributed by atoms with Gasteiger partial charge in [-0.3, -0.25) is 4.79 Å². The summed E-state index contributed by atoms with van der Waals surface area (Å²) in [7, 11) is 0. The summed E-state index contributed by atoms with van der Waals surface area (Å²) in [6.45, 7) is 3.28. The van der Waals surface area contributed by atoms with Gasteiger partial charge < -0.3 is 10.6 Å². The van der Waals surface area contributed by atoms with Gasteiger partial charge >= 0.3 is 0 Å². The first-order chi connectivity index (χ1) is 9.60. The summed E-state index contributed by atoms with van der Waals surface area (Å²) in [5.74, 6) is -1.30. The molecule has 1 heterocycles. The number of nitrogens with one attached hydrogen (secondary N) is 2. The van der Waals surface area contributed by atoms with Crippen LogP contribution in [0.1, 0.15) is 25.3 Å². The second-order valence-electron chi connectivity index (χ2n) is 5.24. The normalized spacial score (nSPS) is 22.6. The highest BCUT2D eigenvalue weighted by molar-refractivity contribution is 5.81. The first-order valence-corrected chi connectivity index (χ1v) is 7.05. The molecule has 110 valence electrons. The van der Waals surface area contributed by atoms with Gasteiger partial charge in [0.05, 0.1) is 6.04 Å². The van der Waals surface area contributed by atoms with Crippen molar-refractivity contribution in [2.75, 3.05) is 13.1 Å². The predicted octanol–water partition coefficient (Wildman–Crippen LogP) is 2.01. The molecule has 5 heteroatoms. The molecule has 1 aliphatic rings. The number of carbonyl (C=O) groups is 1. The molecule has 1 saturated heterocycles. The van der Waals surface area contributed by atoms with E-state index >= 15 is 0 Å². The Balaban J connectivity index is 1.95. The molecule has 1 aromatic carbocycles. The third kappa shape index (κ3) is 3.76. The van der Waals surface area contributed by atoms with Crippen molar-refractivity contribution in [1.82, 2.24) is 10.6 Å². The smallest absolute Gasteiger partial charge is 0.237 e. The highest BCUT2D eigenvalue weighted by Crippen LogP contribution is 2.22. The van der Waals surface area contributed by atoms with Gasteiger partial charge in [0, 0.05) is 6.54 Å². The lowest BCUT2D eigenvalue weighted by molar-refractivity contribution is -0.123. The maximum atomic E-state index is 13.2. The van der Waals surface area contributed by atoms with Crippen LogP contribution in [0.25, 0.3) is 0 Å². The Morgan fingerprint density at radius 2 is 2.20 bits per heavy atom. The van der Waals surface area contributed by atoms with Crippen LogP contribution in [-0.4, -0.2) is 25.0 Å². The molecule has 0 spiro atoms. The third-order valence-corrected chi connectivity index (χ3v) is 3.69. The Hall–Kier alpha value is -1.49. The molecule has 0 aliphatic carbocycles. The number of likely N-dealkylation sites (N-methyl/N-ethyl adjacent to an activating group) is 1. The van der Waals surface area contributed by atoms with E-state index in [9.17, 15) is 13.6 Å². The van der Waals surface area contributed by atoms with Crippen LogP contribution in [0, 0.1) is 17.6 Å². The quantitative estimate of drug-likeness (QED) is 0.887. The molecule has 0 bridgehead atoms. The average Bonchev–Trinajstić information content (AvgIpc) is 2.43. The van der Waals surface area contributed by atoms with Crippen LogP contribution in [0.3, 0.4) is 0 Å². The van der Waals surface area contributed by atoms with Gasteiger partial charge in [0.15, 0.2) is 11.6 Å². The summed E-state index contributed by atoms with van der Waals surface area (Å²) in [6.07, 6.45) is 2.34. The largest absolute Gasteiger partial charge is 0.355 e. The molecule has 1 amide bonds. The van der Waals surface area contributed by atoms with Gasteiger partial charge in [-0.15, -0.1) is 0 Å². The molecule has 1 aromatic rings. The molecule has 2 unspecified atom stereocenters. The molecule has 20 heavy (non-hydrogen) atoms. The standard InChI is InChI=1S/C15H20F2N2O/c1-2-18-15(20)14-9-11(5-6-19-14)7-10-3-4-12(16)13(17)8-10/h3-4,8,11,14,19H,2,5-7,9H2,1H3,(H,18,20). The molecule has 3 nitrogen and oxygen atoms in total. The molecular weight excluding hydrogens is 262 g/mol. The number of amides is 1. The molecule has 2 N–H and O–H groups in total. The fourth-order valence-electron chi connectivity index (χ4n) is 2.68. The summed E-state index contributed by atoms with van der Waals surface area (Å²) >= 11 is 0. The number of rotatable bonds is 4. The van der Waals surface area contributed by atoms with E-state index in [-0.39, 0.29) is 11.9 Å². The Bertz CT molecular complexity index is 479. The van der Waals surface area contributed by atoms with Crippen LogP contribution in [0.4, 0.5) is 8.78 Å². The first kappa shape index (κ1) is 14.9. The van der Waals surface area contributed by atoms with Crippen molar-refractivity contribution in [2.45, 2.75) is 32.2 Å². The predicted molar refractivity (Wildman–Crippen MR) is 73.3 cm³/mol. The first-order valence-electron chi connectivity index (χ1n) is 7.05. The lowest BCUT2D eigenvalue weighted by Crippen LogP contribution is -2.48. The van der Waals surface area contributed by atoms with Crippen LogP contribution < -0.4 is 10.6 Å². The maximum Gasteiger partial charge on any atom is 0.237 e. The van der Waals surface area contributed by atoms with Gasteiger partial charge in [0.2, 0.25) is 5.91 Å². The van der Waals surface area contributed by atoms with Crippen molar-refractivity contribution >= 4 is 5.91 Å². The number of hydrogen-bond acceptors (Lipinski definition) is 2. The third-order valence-electron chi connectivity index (χ3n) is 3.69. The van der Waals surface area contributed by atoms with Crippen molar-refractivity contribution in [3.8, 4) is 0 Å². The Morgan fingerprint density at radius 1 is 1.40 bits per heavy atom. The van der Waals surface area contributed by atoms with Crippen molar-refractivity contribution in [2.24, 2.45) is 5.92 Å². The van der Waals surface area contributed by atoms with E-state index in [0.717, 1.165) is 31.0 Å². The van der Waals surface area contributed by atoms with Crippen LogP contribution in [-0.2, 0) is 11.2 Å². The molecule has 0 aromatic heterocycles. The number of carbonyl (C=O) groups excluding carboxylic acids is 1. The van der Waals surface area contributed by atoms with E-state index in [4.69, 9.17) is 0 Å². The number of piperidine rings is 1. The van der Waals surface area contributed by atoms with Crippen LogP contribution in [0.15, 0.2) is 18.2 Å². The maximum absolute atomic E-state index is 13.2. The molecule has 2 atom stereocenters. The summed E-state index contributed by atoms with van der Waals surface area (Å²) < 4.78 is 26.1.